The summed E-state index contributed by atoms with van der Waals surface area (Å²) in [6.07, 6.45) is 1.73. The van der Waals surface area contributed by atoms with Crippen LogP contribution in [0.2, 0.25) is 0 Å². The second-order valence-electron chi connectivity index (χ2n) is 8.48. The van der Waals surface area contributed by atoms with E-state index in [1.807, 2.05) is 66.7 Å². The molecule has 8 heteroatoms. The molecule has 0 saturated carbocycles. The maximum atomic E-state index is 13.7. The van der Waals surface area contributed by atoms with Crippen molar-refractivity contribution >= 4 is 34.9 Å². The average Bonchev–Trinajstić information content (AvgIpc) is 3.01. The number of aliphatic carboxylic acids is 1. The van der Waals surface area contributed by atoms with Gasteiger partial charge in [-0.25, -0.2) is 4.79 Å². The maximum absolute atomic E-state index is 13.7. The monoisotopic (exact) mass is 458 g/mol. The van der Waals surface area contributed by atoms with Crippen molar-refractivity contribution in [3.05, 3.63) is 83.4 Å². The first-order chi connectivity index (χ1) is 16.3. The maximum Gasteiger partial charge on any atom is 0.328 e. The molecule has 0 aromatic heterocycles. The first kappa shape index (κ1) is 23.0. The molecule has 1 atom stereocenters. The van der Waals surface area contributed by atoms with Crippen LogP contribution < -0.4 is 5.84 Å². The van der Waals surface area contributed by atoms with Crippen molar-refractivity contribution in [1.29, 1.82) is 0 Å². The van der Waals surface area contributed by atoms with Gasteiger partial charge in [-0.05, 0) is 52.9 Å². The summed E-state index contributed by atoms with van der Waals surface area (Å²) < 4.78 is 0. The second-order valence-corrected chi connectivity index (χ2v) is 8.48. The molecule has 1 heterocycles. The minimum absolute atomic E-state index is 0.0814. The lowest BCUT2D eigenvalue weighted by Crippen LogP contribution is -2.44. The van der Waals surface area contributed by atoms with Crippen molar-refractivity contribution in [2.45, 2.75) is 31.8 Å². The number of carboxylic acids is 1. The van der Waals surface area contributed by atoms with Crippen LogP contribution in [0.5, 0.6) is 0 Å². The van der Waals surface area contributed by atoms with Crippen LogP contribution in [0.3, 0.4) is 0 Å². The molecule has 3 amide bonds. The van der Waals surface area contributed by atoms with Gasteiger partial charge in [-0.15, -0.1) is 0 Å². The summed E-state index contributed by atoms with van der Waals surface area (Å²) in [4.78, 5) is 40.9. The van der Waals surface area contributed by atoms with Crippen molar-refractivity contribution in [2.24, 2.45) is 10.9 Å². The predicted octanol–water partition coefficient (Wildman–Crippen LogP) is 3.68. The van der Waals surface area contributed by atoms with E-state index in [1.165, 1.54) is 9.80 Å². The van der Waals surface area contributed by atoms with E-state index < -0.39 is 17.5 Å². The standard InChI is InChI=1S/C26H26N4O4/c1-26(22-6-3-2-4-7-22)24(33)29(25(34)30(26)13-5-8-23(31)32)17-19-10-12-20-11-9-18(16-28-27)14-21(20)15-19/h2-4,6-7,9-12,14-16H,5,8,13,17,27H2,1H3,(H,31,32). The van der Waals surface area contributed by atoms with E-state index in [2.05, 4.69) is 5.10 Å². The Morgan fingerprint density at radius 2 is 1.79 bits per heavy atom. The molecular formula is C26H26N4O4. The summed E-state index contributed by atoms with van der Waals surface area (Å²) in [6.45, 7) is 2.00. The molecule has 1 saturated heterocycles. The minimum Gasteiger partial charge on any atom is -0.481 e. The van der Waals surface area contributed by atoms with Crippen LogP contribution in [0.25, 0.3) is 10.8 Å². The largest absolute Gasteiger partial charge is 0.481 e. The fourth-order valence-corrected chi connectivity index (χ4v) is 4.45. The third-order valence-corrected chi connectivity index (χ3v) is 6.26. The molecule has 8 nitrogen and oxygen atoms in total. The van der Waals surface area contributed by atoms with Crippen LogP contribution >= 0.6 is 0 Å². The van der Waals surface area contributed by atoms with Crippen LogP contribution in [-0.2, 0) is 21.7 Å². The molecule has 1 fully saturated rings. The summed E-state index contributed by atoms with van der Waals surface area (Å²) in [7, 11) is 0. The number of imide groups is 1. The summed E-state index contributed by atoms with van der Waals surface area (Å²) in [5, 5.41) is 14.6. The summed E-state index contributed by atoms with van der Waals surface area (Å²) >= 11 is 0. The van der Waals surface area contributed by atoms with Gasteiger partial charge in [-0.2, -0.15) is 5.10 Å². The topological polar surface area (TPSA) is 116 Å². The van der Waals surface area contributed by atoms with Crippen molar-refractivity contribution in [2.75, 3.05) is 6.54 Å². The summed E-state index contributed by atoms with van der Waals surface area (Å²) in [5.74, 6) is 3.99. The van der Waals surface area contributed by atoms with Crippen molar-refractivity contribution in [3.63, 3.8) is 0 Å². The van der Waals surface area contributed by atoms with Crippen LogP contribution in [0.15, 0.2) is 71.8 Å². The Balaban J connectivity index is 1.67. The van der Waals surface area contributed by atoms with E-state index in [0.29, 0.717) is 5.56 Å². The van der Waals surface area contributed by atoms with Gasteiger partial charge < -0.3 is 15.8 Å². The molecule has 174 valence electrons. The molecule has 1 aliphatic heterocycles. The van der Waals surface area contributed by atoms with Gasteiger partial charge in [0.15, 0.2) is 0 Å². The van der Waals surface area contributed by atoms with E-state index in [0.717, 1.165) is 21.9 Å². The lowest BCUT2D eigenvalue weighted by Gasteiger charge is -2.32. The number of hydrazone groups is 1. The van der Waals surface area contributed by atoms with Crippen LogP contribution in [0.1, 0.15) is 36.5 Å². The molecule has 1 unspecified atom stereocenters. The quantitative estimate of drug-likeness (QED) is 0.231. The number of benzene rings is 3. The van der Waals surface area contributed by atoms with Gasteiger partial charge in [0.1, 0.15) is 5.54 Å². The number of urea groups is 1. The zero-order chi connectivity index (χ0) is 24.3. The Morgan fingerprint density at radius 3 is 2.50 bits per heavy atom. The van der Waals surface area contributed by atoms with Crippen molar-refractivity contribution in [1.82, 2.24) is 9.80 Å². The molecule has 34 heavy (non-hydrogen) atoms. The van der Waals surface area contributed by atoms with Gasteiger partial charge in [0, 0.05) is 13.0 Å². The highest BCUT2D eigenvalue weighted by atomic mass is 16.4. The van der Waals surface area contributed by atoms with Crippen molar-refractivity contribution < 1.29 is 19.5 Å². The van der Waals surface area contributed by atoms with E-state index in [-0.39, 0.29) is 31.8 Å². The Hall–Kier alpha value is -4.20. The highest BCUT2D eigenvalue weighted by Gasteiger charge is 2.54. The normalized spacial score (nSPS) is 18.4. The van der Waals surface area contributed by atoms with Gasteiger partial charge in [0.05, 0.1) is 12.8 Å². The predicted molar refractivity (Wildman–Crippen MR) is 129 cm³/mol. The molecule has 0 spiro atoms. The number of hydrogen-bond acceptors (Lipinski definition) is 5. The van der Waals surface area contributed by atoms with E-state index in [4.69, 9.17) is 10.9 Å². The minimum atomic E-state index is -1.21. The Kier molecular flexibility index (Phi) is 6.32. The third kappa shape index (κ3) is 4.22. The first-order valence-electron chi connectivity index (χ1n) is 11.0. The number of carbonyl (C=O) groups excluding carboxylic acids is 2. The second kappa shape index (κ2) is 9.35. The molecule has 4 rings (SSSR count). The molecule has 1 aliphatic rings. The molecule has 0 aliphatic carbocycles. The number of nitrogens with two attached hydrogens (primary N) is 1. The lowest BCUT2D eigenvalue weighted by atomic mass is 9.90. The SMILES string of the molecule is CC1(c2ccccc2)C(=O)N(Cc2ccc3ccc(C=NN)cc3c2)C(=O)N1CCCC(=O)O. The zero-order valence-electron chi connectivity index (χ0n) is 18.8. The molecule has 3 N–H and O–H groups in total. The number of fused-ring (bicyclic) bond motifs is 1. The molecule has 0 bridgehead atoms. The highest BCUT2D eigenvalue weighted by Crippen LogP contribution is 2.38. The van der Waals surface area contributed by atoms with Gasteiger partial charge >= 0.3 is 12.0 Å². The highest BCUT2D eigenvalue weighted by molar-refractivity contribution is 6.07. The van der Waals surface area contributed by atoms with E-state index >= 15 is 0 Å². The molecular weight excluding hydrogens is 432 g/mol. The fraction of sp³-hybridized carbons (Fsp3) is 0.231. The van der Waals surface area contributed by atoms with Crippen LogP contribution in [0.4, 0.5) is 4.79 Å². The Bertz CT molecular complexity index is 1270. The fourth-order valence-electron chi connectivity index (χ4n) is 4.45. The van der Waals surface area contributed by atoms with Gasteiger partial charge in [0.2, 0.25) is 0 Å². The number of carbonyl (C=O) groups is 3. The number of hydrogen-bond donors (Lipinski definition) is 2. The van der Waals surface area contributed by atoms with E-state index in [1.54, 1.807) is 13.1 Å². The lowest BCUT2D eigenvalue weighted by molar-refractivity contribution is -0.137. The van der Waals surface area contributed by atoms with Crippen LogP contribution in [0, 0.1) is 0 Å². The number of rotatable bonds is 8. The van der Waals surface area contributed by atoms with Gasteiger partial charge in [-0.1, -0.05) is 54.6 Å². The first-order valence-corrected chi connectivity index (χ1v) is 11.0. The summed E-state index contributed by atoms with van der Waals surface area (Å²) in [5.41, 5.74) is 1.13. The molecule has 3 aromatic rings. The number of nitrogens with zero attached hydrogens (tertiary/aromatic N) is 3. The van der Waals surface area contributed by atoms with Crippen LogP contribution in [-0.4, -0.2) is 45.6 Å². The Morgan fingerprint density at radius 1 is 1.06 bits per heavy atom. The number of amides is 3. The smallest absolute Gasteiger partial charge is 0.328 e. The Labute approximate surface area is 197 Å². The molecule has 0 radical (unpaired) electrons. The van der Waals surface area contributed by atoms with E-state index in [9.17, 15) is 14.4 Å². The number of carboxylic acid groups (broad SMARTS) is 1. The van der Waals surface area contributed by atoms with Crippen molar-refractivity contribution in [3.8, 4) is 0 Å². The third-order valence-electron chi connectivity index (χ3n) is 6.26. The summed E-state index contributed by atoms with van der Waals surface area (Å²) in [6, 6.07) is 20.3. The zero-order valence-corrected chi connectivity index (χ0v) is 18.8. The molecule has 3 aromatic carbocycles. The average molecular weight is 459 g/mol. The van der Waals surface area contributed by atoms with Gasteiger partial charge in [0.25, 0.3) is 5.91 Å². The van der Waals surface area contributed by atoms with Gasteiger partial charge in [-0.3, -0.25) is 14.5 Å².